The molecule has 2 aliphatic carbocycles. The molecule has 0 aromatic carbocycles. The SMILES string of the molecule is Cn1ncc(CC(=O)N[C@H]2CC[C@H](CCN3C[C@@H]4C[C@]4(c4cc(C(C)(F)F)on4)C3)CC2)n1. The number of aromatic nitrogens is 4. The van der Waals surface area contributed by atoms with Crippen molar-refractivity contribution in [1.82, 2.24) is 30.4 Å². The predicted octanol–water partition coefficient (Wildman–Crippen LogP) is 2.80. The van der Waals surface area contributed by atoms with Crippen molar-refractivity contribution >= 4 is 5.91 Å². The van der Waals surface area contributed by atoms with Crippen molar-refractivity contribution in [2.24, 2.45) is 18.9 Å². The zero-order valence-electron chi connectivity index (χ0n) is 19.3. The van der Waals surface area contributed by atoms with Crippen LogP contribution in [0.4, 0.5) is 8.78 Å². The van der Waals surface area contributed by atoms with Gasteiger partial charge >= 0.3 is 5.92 Å². The molecule has 8 nitrogen and oxygen atoms in total. The van der Waals surface area contributed by atoms with Crippen LogP contribution in [0.3, 0.4) is 0 Å². The van der Waals surface area contributed by atoms with Gasteiger partial charge < -0.3 is 14.7 Å². The number of nitrogens with one attached hydrogen (secondary N) is 1. The third-order valence-electron chi connectivity index (χ3n) is 7.72. The van der Waals surface area contributed by atoms with E-state index in [1.54, 1.807) is 13.2 Å². The maximum Gasteiger partial charge on any atom is 0.304 e. The Kier molecular flexibility index (Phi) is 5.74. The molecule has 1 N–H and O–H groups in total. The largest absolute Gasteiger partial charge is 0.355 e. The summed E-state index contributed by atoms with van der Waals surface area (Å²) >= 11 is 0. The number of fused-ring (bicyclic) bond motifs is 1. The molecule has 3 fully saturated rings. The highest BCUT2D eigenvalue weighted by Crippen LogP contribution is 2.59. The Labute approximate surface area is 192 Å². The molecule has 33 heavy (non-hydrogen) atoms. The summed E-state index contributed by atoms with van der Waals surface area (Å²) in [5.41, 5.74) is 1.30. The average Bonchev–Trinajstić information content (AvgIpc) is 3.18. The average molecular weight is 463 g/mol. The van der Waals surface area contributed by atoms with Gasteiger partial charge in [0.1, 0.15) is 0 Å². The second kappa shape index (κ2) is 8.45. The molecule has 3 heterocycles. The number of alkyl halides is 2. The van der Waals surface area contributed by atoms with E-state index in [0.717, 1.165) is 65.1 Å². The molecule has 0 bridgehead atoms. The van der Waals surface area contributed by atoms with Crippen molar-refractivity contribution in [1.29, 1.82) is 0 Å². The lowest BCUT2D eigenvalue weighted by Gasteiger charge is -2.30. The number of hydrogen-bond acceptors (Lipinski definition) is 6. The fourth-order valence-corrected chi connectivity index (χ4v) is 5.74. The highest BCUT2D eigenvalue weighted by atomic mass is 19.3. The van der Waals surface area contributed by atoms with Crippen LogP contribution in [0, 0.1) is 11.8 Å². The van der Waals surface area contributed by atoms with Gasteiger partial charge in [-0.25, -0.2) is 0 Å². The molecule has 2 saturated carbocycles. The van der Waals surface area contributed by atoms with E-state index < -0.39 is 5.92 Å². The Morgan fingerprint density at radius 1 is 1.33 bits per heavy atom. The first-order valence-electron chi connectivity index (χ1n) is 11.9. The minimum atomic E-state index is -2.99. The third-order valence-corrected chi connectivity index (χ3v) is 7.72. The molecule has 2 atom stereocenters. The number of piperidine rings is 1. The lowest BCUT2D eigenvalue weighted by molar-refractivity contribution is -0.121. The number of hydrogen-bond donors (Lipinski definition) is 1. The van der Waals surface area contributed by atoms with Crippen molar-refractivity contribution in [3.8, 4) is 0 Å². The standard InChI is InChI=1S/C23H32F2N6O2/c1-22(24,25)20-10-19(29-33-20)23-11-16(23)13-31(14-23)8-7-15-3-5-17(6-4-15)27-21(32)9-18-12-26-30(2)28-18/h10,12,15-17H,3-9,11,13-14H2,1-2H3,(H,27,32)/t15-,16-,17-,23-/m0/s1. The van der Waals surface area contributed by atoms with Gasteiger partial charge in [0.15, 0.2) is 0 Å². The van der Waals surface area contributed by atoms with Crippen molar-refractivity contribution in [3.05, 3.63) is 29.4 Å². The summed E-state index contributed by atoms with van der Waals surface area (Å²) < 4.78 is 32.0. The molecule has 1 amide bonds. The van der Waals surface area contributed by atoms with Crippen LogP contribution in [0.5, 0.6) is 0 Å². The molecule has 10 heteroatoms. The number of carbonyl (C=O) groups excluding carboxylic acids is 1. The molecular weight excluding hydrogens is 430 g/mol. The lowest BCUT2D eigenvalue weighted by atomic mass is 9.84. The van der Waals surface area contributed by atoms with E-state index in [1.807, 2.05) is 0 Å². The molecule has 2 aromatic heterocycles. The Morgan fingerprint density at radius 3 is 2.79 bits per heavy atom. The summed E-state index contributed by atoms with van der Waals surface area (Å²) in [7, 11) is 1.74. The molecule has 1 aliphatic heterocycles. The van der Waals surface area contributed by atoms with Crippen LogP contribution < -0.4 is 5.32 Å². The van der Waals surface area contributed by atoms with Gasteiger partial charge in [-0.3, -0.25) is 4.79 Å². The molecule has 0 spiro atoms. The first-order chi connectivity index (χ1) is 15.7. The maximum absolute atomic E-state index is 13.5. The van der Waals surface area contributed by atoms with E-state index in [9.17, 15) is 13.6 Å². The van der Waals surface area contributed by atoms with Gasteiger partial charge in [0.05, 0.1) is 24.0 Å². The summed E-state index contributed by atoms with van der Waals surface area (Å²) in [5.74, 6) is -2.14. The number of nitrogens with zero attached hydrogens (tertiary/aromatic N) is 5. The second-order valence-corrected chi connectivity index (χ2v) is 10.3. The van der Waals surface area contributed by atoms with Crippen LogP contribution in [-0.2, 0) is 29.6 Å². The van der Waals surface area contributed by atoms with Crippen LogP contribution in [0.2, 0.25) is 0 Å². The van der Waals surface area contributed by atoms with E-state index in [0.29, 0.717) is 23.2 Å². The molecule has 0 radical (unpaired) electrons. The first kappa shape index (κ1) is 22.4. The van der Waals surface area contributed by atoms with Crippen molar-refractivity contribution in [2.45, 2.75) is 69.2 Å². The molecule has 0 unspecified atom stereocenters. The van der Waals surface area contributed by atoms with Crippen molar-refractivity contribution < 1.29 is 18.1 Å². The lowest BCUT2D eigenvalue weighted by Crippen LogP contribution is -2.39. The Bertz CT molecular complexity index is 993. The zero-order chi connectivity index (χ0) is 23.2. The topological polar surface area (TPSA) is 89.1 Å². The summed E-state index contributed by atoms with van der Waals surface area (Å²) in [4.78, 5) is 16.2. The fraction of sp³-hybridized carbons (Fsp3) is 0.739. The van der Waals surface area contributed by atoms with Gasteiger partial charge in [-0.05, 0) is 56.9 Å². The molecule has 3 aliphatic rings. The highest BCUT2D eigenvalue weighted by Gasteiger charge is 2.62. The van der Waals surface area contributed by atoms with Gasteiger partial charge in [0.2, 0.25) is 11.7 Å². The molecular formula is C23H32F2N6O2. The van der Waals surface area contributed by atoms with E-state index >= 15 is 0 Å². The predicted molar refractivity (Wildman–Crippen MR) is 116 cm³/mol. The molecule has 5 rings (SSSR count). The van der Waals surface area contributed by atoms with Crippen molar-refractivity contribution in [3.63, 3.8) is 0 Å². The van der Waals surface area contributed by atoms with E-state index in [1.165, 1.54) is 10.9 Å². The third kappa shape index (κ3) is 4.81. The van der Waals surface area contributed by atoms with Crippen LogP contribution in [0.25, 0.3) is 0 Å². The quantitative estimate of drug-likeness (QED) is 0.649. The molecule has 180 valence electrons. The van der Waals surface area contributed by atoms with Crippen LogP contribution in [0.15, 0.2) is 16.8 Å². The first-order valence-corrected chi connectivity index (χ1v) is 11.9. The van der Waals surface area contributed by atoms with Gasteiger partial charge in [0, 0.05) is 44.6 Å². The van der Waals surface area contributed by atoms with Gasteiger partial charge in [-0.2, -0.15) is 23.8 Å². The Balaban J connectivity index is 1.03. The minimum Gasteiger partial charge on any atom is -0.355 e. The van der Waals surface area contributed by atoms with Gasteiger partial charge in [-0.15, -0.1) is 0 Å². The monoisotopic (exact) mass is 462 g/mol. The highest BCUT2D eigenvalue weighted by molar-refractivity contribution is 5.78. The van der Waals surface area contributed by atoms with Crippen LogP contribution >= 0.6 is 0 Å². The zero-order valence-corrected chi connectivity index (χ0v) is 19.3. The fourth-order valence-electron chi connectivity index (χ4n) is 5.74. The Hall–Kier alpha value is -2.36. The van der Waals surface area contributed by atoms with Gasteiger partial charge in [0.25, 0.3) is 0 Å². The number of likely N-dealkylation sites (tertiary alicyclic amines) is 1. The van der Waals surface area contributed by atoms with Crippen LogP contribution in [0.1, 0.15) is 62.6 Å². The summed E-state index contributed by atoms with van der Waals surface area (Å²) in [6.45, 7) is 3.77. The number of halogens is 2. The Morgan fingerprint density at radius 2 is 2.12 bits per heavy atom. The van der Waals surface area contributed by atoms with Crippen LogP contribution in [-0.4, -0.2) is 56.6 Å². The van der Waals surface area contributed by atoms with E-state index in [4.69, 9.17) is 4.52 Å². The minimum absolute atomic E-state index is 0.0115. The normalized spacial score (nSPS) is 29.8. The van der Waals surface area contributed by atoms with Crippen molar-refractivity contribution in [2.75, 3.05) is 19.6 Å². The second-order valence-electron chi connectivity index (χ2n) is 10.3. The number of amides is 1. The summed E-state index contributed by atoms with van der Waals surface area (Å²) in [6, 6.07) is 1.70. The molecule has 2 aromatic rings. The number of aryl methyl sites for hydroxylation is 1. The number of carbonyl (C=O) groups is 1. The smallest absolute Gasteiger partial charge is 0.304 e. The molecule has 1 saturated heterocycles. The van der Waals surface area contributed by atoms with E-state index in [-0.39, 0.29) is 29.5 Å². The summed E-state index contributed by atoms with van der Waals surface area (Å²) in [6.07, 6.45) is 8.32. The summed E-state index contributed by atoms with van der Waals surface area (Å²) in [5, 5.41) is 15.3. The van der Waals surface area contributed by atoms with E-state index in [2.05, 4.69) is 25.6 Å². The van der Waals surface area contributed by atoms with Gasteiger partial charge in [-0.1, -0.05) is 5.16 Å². The maximum atomic E-state index is 13.5. The number of rotatable bonds is 8.